The first-order chi connectivity index (χ1) is 12.9. The monoisotopic (exact) mass is 366 g/mol. The molecule has 1 spiro atoms. The largest absolute Gasteiger partial charge is 0.351 e. The van der Waals surface area contributed by atoms with Crippen LogP contribution in [-0.4, -0.2) is 45.7 Å². The maximum absolute atomic E-state index is 14.4. The lowest BCUT2D eigenvalue weighted by atomic mass is 9.88. The van der Waals surface area contributed by atoms with Crippen molar-refractivity contribution < 1.29 is 9.18 Å². The zero-order valence-corrected chi connectivity index (χ0v) is 15.5. The molecule has 1 aliphatic carbocycles. The van der Waals surface area contributed by atoms with Gasteiger partial charge in [-0.25, -0.2) is 9.37 Å². The van der Waals surface area contributed by atoms with E-state index in [0.717, 1.165) is 29.2 Å². The van der Waals surface area contributed by atoms with Crippen LogP contribution in [0.1, 0.15) is 31.9 Å². The molecule has 3 aliphatic rings. The number of carbonyl (C=O) groups excluding carboxylic acids is 1. The van der Waals surface area contributed by atoms with Crippen LogP contribution >= 0.6 is 0 Å². The van der Waals surface area contributed by atoms with Gasteiger partial charge >= 0.3 is 0 Å². The van der Waals surface area contributed by atoms with Gasteiger partial charge in [0.15, 0.2) is 11.5 Å². The molecule has 140 valence electrons. The van der Waals surface area contributed by atoms with E-state index in [9.17, 15) is 9.18 Å². The SMILES string of the molecule is C=C(C)CN1c2cccnc2-n2cccc2[C@]12CCN(C(=O)C1(F)CC1)C2. The first kappa shape index (κ1) is 16.5. The number of hydrogen-bond acceptors (Lipinski definition) is 3. The zero-order valence-electron chi connectivity index (χ0n) is 15.5. The molecule has 1 amide bonds. The van der Waals surface area contributed by atoms with Crippen molar-refractivity contribution in [2.75, 3.05) is 24.5 Å². The fourth-order valence-electron chi connectivity index (χ4n) is 4.61. The Morgan fingerprint density at radius 1 is 1.30 bits per heavy atom. The van der Waals surface area contributed by atoms with Crippen LogP contribution in [0.2, 0.25) is 0 Å². The third kappa shape index (κ3) is 2.28. The van der Waals surface area contributed by atoms with Gasteiger partial charge in [-0.2, -0.15) is 0 Å². The molecule has 0 bridgehead atoms. The number of carbonyl (C=O) groups is 1. The van der Waals surface area contributed by atoms with Crippen LogP contribution in [-0.2, 0) is 10.3 Å². The van der Waals surface area contributed by atoms with Crippen LogP contribution in [0.15, 0.2) is 48.8 Å². The highest BCUT2D eigenvalue weighted by Gasteiger charge is 2.57. The number of aromatic nitrogens is 2. The highest BCUT2D eigenvalue weighted by atomic mass is 19.1. The number of nitrogens with zero attached hydrogens (tertiary/aromatic N) is 4. The lowest BCUT2D eigenvalue weighted by Gasteiger charge is -2.47. The number of halogens is 1. The second-order valence-electron chi connectivity index (χ2n) is 8.13. The fourth-order valence-corrected chi connectivity index (χ4v) is 4.61. The van der Waals surface area contributed by atoms with Crippen molar-refractivity contribution in [3.05, 3.63) is 54.5 Å². The second-order valence-corrected chi connectivity index (χ2v) is 8.13. The summed E-state index contributed by atoms with van der Waals surface area (Å²) in [5.41, 5.74) is 1.16. The lowest BCUT2D eigenvalue weighted by Crippen LogP contribution is -2.53. The van der Waals surface area contributed by atoms with Crippen LogP contribution in [0.25, 0.3) is 5.82 Å². The van der Waals surface area contributed by atoms with E-state index in [4.69, 9.17) is 0 Å². The smallest absolute Gasteiger partial charge is 0.260 e. The molecule has 2 aliphatic heterocycles. The molecule has 2 aromatic heterocycles. The molecule has 2 aromatic rings. The molecule has 1 atom stereocenters. The number of anilines is 1. The number of likely N-dealkylation sites (tertiary alicyclic amines) is 1. The Balaban J connectivity index is 1.62. The first-order valence-corrected chi connectivity index (χ1v) is 9.48. The molecular weight excluding hydrogens is 343 g/mol. The van der Waals surface area contributed by atoms with Crippen molar-refractivity contribution in [1.82, 2.24) is 14.5 Å². The van der Waals surface area contributed by atoms with Gasteiger partial charge in [0.25, 0.3) is 5.91 Å². The van der Waals surface area contributed by atoms with Crippen molar-refractivity contribution in [1.29, 1.82) is 0 Å². The molecule has 1 saturated carbocycles. The first-order valence-electron chi connectivity index (χ1n) is 9.48. The normalized spacial score (nSPS) is 24.7. The summed E-state index contributed by atoms with van der Waals surface area (Å²) in [5.74, 6) is 0.544. The van der Waals surface area contributed by atoms with Gasteiger partial charge in [0.2, 0.25) is 0 Å². The molecule has 0 aromatic carbocycles. The highest BCUT2D eigenvalue weighted by molar-refractivity contribution is 5.88. The van der Waals surface area contributed by atoms with Crippen molar-refractivity contribution in [3.63, 3.8) is 0 Å². The average Bonchev–Trinajstić information content (AvgIpc) is 3.08. The molecule has 27 heavy (non-hydrogen) atoms. The Bertz CT molecular complexity index is 947. The molecule has 0 unspecified atom stereocenters. The molecule has 0 N–H and O–H groups in total. The summed E-state index contributed by atoms with van der Waals surface area (Å²) >= 11 is 0. The van der Waals surface area contributed by atoms with Gasteiger partial charge in [-0.3, -0.25) is 4.79 Å². The van der Waals surface area contributed by atoms with E-state index in [1.165, 1.54) is 0 Å². The van der Waals surface area contributed by atoms with Crippen LogP contribution in [0, 0.1) is 0 Å². The standard InChI is InChI=1S/C21H23FN4O/c1-15(2)13-26-16-5-3-10-23-18(16)25-11-4-6-17(25)21(26)9-12-24(14-21)19(27)20(22)7-8-20/h3-6,10-11H,1,7-9,12-14H2,2H3/t21-/m1/s1. The maximum Gasteiger partial charge on any atom is 0.260 e. The third-order valence-corrected chi connectivity index (χ3v) is 6.06. The Kier molecular flexibility index (Phi) is 3.33. The molecule has 5 nitrogen and oxygen atoms in total. The summed E-state index contributed by atoms with van der Waals surface area (Å²) < 4.78 is 16.6. The Hall–Kier alpha value is -2.63. The number of hydrogen-bond donors (Lipinski definition) is 0. The van der Waals surface area contributed by atoms with Crippen LogP contribution < -0.4 is 4.90 Å². The quantitative estimate of drug-likeness (QED) is 0.784. The topological polar surface area (TPSA) is 41.4 Å². The minimum Gasteiger partial charge on any atom is -0.351 e. The van der Waals surface area contributed by atoms with E-state index in [1.807, 2.05) is 25.3 Å². The average molecular weight is 366 g/mol. The lowest BCUT2D eigenvalue weighted by molar-refractivity contribution is -0.137. The minimum atomic E-state index is -1.62. The highest BCUT2D eigenvalue weighted by Crippen LogP contribution is 2.49. The van der Waals surface area contributed by atoms with Crippen LogP contribution in [0.3, 0.4) is 0 Å². The number of fused-ring (bicyclic) bond motifs is 4. The second kappa shape index (κ2) is 5.44. The molecular formula is C21H23FN4O. The van der Waals surface area contributed by atoms with Crippen LogP contribution in [0.4, 0.5) is 10.1 Å². The zero-order chi connectivity index (χ0) is 18.8. The number of pyridine rings is 1. The van der Waals surface area contributed by atoms with Crippen molar-refractivity contribution in [2.24, 2.45) is 0 Å². The van der Waals surface area contributed by atoms with Gasteiger partial charge in [0.1, 0.15) is 5.54 Å². The van der Waals surface area contributed by atoms with E-state index in [-0.39, 0.29) is 11.4 Å². The predicted molar refractivity (Wildman–Crippen MR) is 102 cm³/mol. The van der Waals surface area contributed by atoms with Gasteiger partial charge in [-0.1, -0.05) is 12.2 Å². The van der Waals surface area contributed by atoms with Gasteiger partial charge < -0.3 is 14.4 Å². The van der Waals surface area contributed by atoms with Crippen LogP contribution in [0.5, 0.6) is 0 Å². The minimum absolute atomic E-state index is 0.343. The Labute approximate surface area is 158 Å². The van der Waals surface area contributed by atoms with Crippen molar-refractivity contribution >= 4 is 11.6 Å². The maximum atomic E-state index is 14.4. The summed E-state index contributed by atoms with van der Waals surface area (Å²) in [7, 11) is 0. The van der Waals surface area contributed by atoms with E-state index in [1.54, 1.807) is 11.1 Å². The van der Waals surface area contributed by atoms with Gasteiger partial charge in [0.05, 0.1) is 11.4 Å². The van der Waals surface area contributed by atoms with E-state index < -0.39 is 5.67 Å². The predicted octanol–water partition coefficient (Wildman–Crippen LogP) is 3.20. The Morgan fingerprint density at radius 2 is 2.11 bits per heavy atom. The molecule has 2 fully saturated rings. The summed E-state index contributed by atoms with van der Waals surface area (Å²) in [6.07, 6.45) is 5.29. The summed E-state index contributed by atoms with van der Waals surface area (Å²) in [4.78, 5) is 21.3. The van der Waals surface area contributed by atoms with Crippen molar-refractivity contribution in [3.8, 4) is 5.82 Å². The molecule has 6 heteroatoms. The van der Waals surface area contributed by atoms with Gasteiger partial charge in [0, 0.05) is 32.0 Å². The van der Waals surface area contributed by atoms with E-state index in [0.29, 0.717) is 32.5 Å². The number of rotatable bonds is 3. The summed E-state index contributed by atoms with van der Waals surface area (Å²) in [6.45, 7) is 7.85. The number of alkyl halides is 1. The molecule has 5 rings (SSSR count). The number of amides is 1. The molecule has 4 heterocycles. The molecule has 1 saturated heterocycles. The fraction of sp³-hybridized carbons (Fsp3) is 0.429. The Morgan fingerprint density at radius 3 is 2.85 bits per heavy atom. The van der Waals surface area contributed by atoms with Gasteiger partial charge in [-0.15, -0.1) is 0 Å². The van der Waals surface area contributed by atoms with Crippen molar-refractivity contribution in [2.45, 2.75) is 37.4 Å². The van der Waals surface area contributed by atoms with E-state index >= 15 is 0 Å². The van der Waals surface area contributed by atoms with Gasteiger partial charge in [-0.05, 0) is 50.5 Å². The van der Waals surface area contributed by atoms with E-state index in [2.05, 4.69) is 33.2 Å². The third-order valence-electron chi connectivity index (χ3n) is 6.06. The molecule has 0 radical (unpaired) electrons. The summed E-state index contributed by atoms with van der Waals surface area (Å²) in [5, 5.41) is 0. The summed E-state index contributed by atoms with van der Waals surface area (Å²) in [6, 6.07) is 8.12.